The van der Waals surface area contributed by atoms with Gasteiger partial charge >= 0.3 is 5.97 Å². The van der Waals surface area contributed by atoms with Crippen LogP contribution >= 0.6 is 0 Å². The molecule has 0 spiro atoms. The van der Waals surface area contributed by atoms with Crippen LogP contribution in [0.25, 0.3) is 0 Å². The molecule has 7 heteroatoms. The molecule has 0 saturated carbocycles. The zero-order valence-electron chi connectivity index (χ0n) is 15.1. The summed E-state index contributed by atoms with van der Waals surface area (Å²) in [5.74, 6) is -0.695. The van der Waals surface area contributed by atoms with Crippen molar-refractivity contribution < 1.29 is 14.3 Å². The predicted octanol–water partition coefficient (Wildman–Crippen LogP) is 1.55. The molecule has 0 radical (unpaired) electrons. The number of amides is 1. The van der Waals surface area contributed by atoms with Crippen molar-refractivity contribution in [1.29, 1.82) is 0 Å². The number of carbonyl (C=O) groups excluding carboxylic acids is 2. The number of esters is 1. The Morgan fingerprint density at radius 1 is 1.08 bits per heavy atom. The number of rotatable bonds is 9. The van der Waals surface area contributed by atoms with Gasteiger partial charge in [-0.15, -0.1) is 0 Å². The first-order valence-corrected chi connectivity index (χ1v) is 8.57. The van der Waals surface area contributed by atoms with E-state index in [2.05, 4.69) is 15.3 Å². The Hall–Kier alpha value is -2.80. The molecule has 1 atom stereocenters. The topological polar surface area (TPSA) is 84.4 Å². The molecule has 0 aliphatic rings. The second-order valence-electron chi connectivity index (χ2n) is 5.75. The Kier molecular flexibility index (Phi) is 7.70. The van der Waals surface area contributed by atoms with E-state index in [1.165, 1.54) is 0 Å². The number of pyridine rings is 2. The lowest BCUT2D eigenvalue weighted by Crippen LogP contribution is -2.46. The third kappa shape index (κ3) is 6.25. The van der Waals surface area contributed by atoms with Crippen molar-refractivity contribution in [3.8, 4) is 0 Å². The van der Waals surface area contributed by atoms with Crippen molar-refractivity contribution in [3.05, 3.63) is 60.2 Å². The van der Waals surface area contributed by atoms with Gasteiger partial charge in [-0.2, -0.15) is 0 Å². The number of nitrogens with zero attached hydrogens (tertiary/aromatic N) is 3. The molecule has 0 aliphatic heterocycles. The number of carbonyl (C=O) groups is 2. The van der Waals surface area contributed by atoms with E-state index in [1.807, 2.05) is 41.3 Å². The molecule has 2 rings (SSSR count). The number of ether oxygens (including phenoxy) is 1. The highest BCUT2D eigenvalue weighted by Gasteiger charge is 2.23. The van der Waals surface area contributed by atoms with Crippen molar-refractivity contribution in [2.45, 2.75) is 33.0 Å². The highest BCUT2D eigenvalue weighted by Crippen LogP contribution is 2.11. The highest BCUT2D eigenvalue weighted by molar-refractivity contribution is 5.85. The summed E-state index contributed by atoms with van der Waals surface area (Å²) in [6.45, 7) is 4.65. The number of aromatic nitrogens is 2. The quantitative estimate of drug-likeness (QED) is 0.686. The molecule has 2 aromatic rings. The lowest BCUT2D eigenvalue weighted by atomic mass is 10.2. The Bertz CT molecular complexity index is 653. The average molecular weight is 356 g/mol. The number of hydrogen-bond donors (Lipinski definition) is 1. The highest BCUT2D eigenvalue weighted by atomic mass is 16.5. The summed E-state index contributed by atoms with van der Waals surface area (Å²) in [4.78, 5) is 34.6. The van der Waals surface area contributed by atoms with Gasteiger partial charge in [-0.05, 0) is 38.1 Å². The van der Waals surface area contributed by atoms with Gasteiger partial charge in [0.15, 0.2) is 0 Å². The molecule has 138 valence electrons. The first-order chi connectivity index (χ1) is 12.6. The molecule has 7 nitrogen and oxygen atoms in total. The van der Waals surface area contributed by atoms with Crippen LogP contribution in [-0.2, 0) is 27.4 Å². The maximum absolute atomic E-state index is 12.5. The first kappa shape index (κ1) is 19.5. The van der Waals surface area contributed by atoms with Crippen LogP contribution in [0.1, 0.15) is 25.2 Å². The molecular weight excluding hydrogens is 332 g/mol. The summed E-state index contributed by atoms with van der Waals surface area (Å²) in [6.07, 6.45) is 3.44. The smallest absolute Gasteiger partial charge is 0.325 e. The average Bonchev–Trinajstić information content (AvgIpc) is 2.67. The molecule has 0 aliphatic carbocycles. The Balaban J connectivity index is 2.06. The largest absolute Gasteiger partial charge is 0.465 e. The summed E-state index contributed by atoms with van der Waals surface area (Å²) in [7, 11) is 0. The number of nitrogens with one attached hydrogen (secondary N) is 1. The van der Waals surface area contributed by atoms with Crippen molar-refractivity contribution in [2.75, 3.05) is 13.2 Å². The Morgan fingerprint density at radius 3 is 2.12 bits per heavy atom. The molecule has 0 bridgehead atoms. The monoisotopic (exact) mass is 356 g/mol. The molecular formula is C19H24N4O3. The van der Waals surface area contributed by atoms with Gasteiger partial charge < -0.3 is 10.1 Å². The van der Waals surface area contributed by atoms with Gasteiger partial charge in [0.2, 0.25) is 5.91 Å². The van der Waals surface area contributed by atoms with E-state index in [0.717, 1.165) is 11.4 Å². The maximum Gasteiger partial charge on any atom is 0.325 e. The van der Waals surface area contributed by atoms with Crippen molar-refractivity contribution in [1.82, 2.24) is 20.2 Å². The minimum Gasteiger partial charge on any atom is -0.465 e. The molecule has 2 heterocycles. The SMILES string of the molecule is CCOC(=O)CNC(=O)[C@H](C)N(Cc1ccccn1)Cc1ccccn1. The van der Waals surface area contributed by atoms with E-state index in [4.69, 9.17) is 4.74 Å². The zero-order chi connectivity index (χ0) is 18.8. The molecule has 1 N–H and O–H groups in total. The summed E-state index contributed by atoms with van der Waals surface area (Å²) < 4.78 is 4.84. The fourth-order valence-corrected chi connectivity index (χ4v) is 2.41. The molecule has 0 fully saturated rings. The van der Waals surface area contributed by atoms with Crippen LogP contribution in [0, 0.1) is 0 Å². The van der Waals surface area contributed by atoms with E-state index in [0.29, 0.717) is 13.1 Å². The van der Waals surface area contributed by atoms with Crippen LogP contribution < -0.4 is 5.32 Å². The maximum atomic E-state index is 12.5. The standard InChI is InChI=1S/C19H24N4O3/c1-3-26-18(24)12-22-19(25)15(2)23(13-16-8-4-6-10-20-16)14-17-9-5-7-11-21-17/h4-11,15H,3,12-14H2,1-2H3,(H,22,25)/t15-/m0/s1. The van der Waals surface area contributed by atoms with E-state index in [-0.39, 0.29) is 19.1 Å². The minimum absolute atomic E-state index is 0.141. The lowest BCUT2D eigenvalue weighted by molar-refractivity contribution is -0.144. The van der Waals surface area contributed by atoms with Gasteiger partial charge in [0.25, 0.3) is 0 Å². The zero-order valence-corrected chi connectivity index (χ0v) is 15.1. The van der Waals surface area contributed by atoms with Gasteiger partial charge in [-0.1, -0.05) is 12.1 Å². The van der Waals surface area contributed by atoms with E-state index >= 15 is 0 Å². The molecule has 1 amide bonds. The van der Waals surface area contributed by atoms with Crippen molar-refractivity contribution in [2.24, 2.45) is 0 Å². The summed E-state index contributed by atoms with van der Waals surface area (Å²) >= 11 is 0. The fourth-order valence-electron chi connectivity index (χ4n) is 2.41. The minimum atomic E-state index is -0.464. The van der Waals surface area contributed by atoms with Crippen molar-refractivity contribution in [3.63, 3.8) is 0 Å². The molecule has 0 unspecified atom stereocenters. The Labute approximate surface area is 153 Å². The predicted molar refractivity (Wildman–Crippen MR) is 96.8 cm³/mol. The third-order valence-corrected chi connectivity index (χ3v) is 3.82. The molecule has 0 saturated heterocycles. The molecule has 2 aromatic heterocycles. The second-order valence-corrected chi connectivity index (χ2v) is 5.75. The van der Waals surface area contributed by atoms with Gasteiger partial charge in [-0.3, -0.25) is 24.5 Å². The summed E-state index contributed by atoms with van der Waals surface area (Å²) in [6, 6.07) is 10.9. The van der Waals surface area contributed by atoms with Gasteiger partial charge in [0.1, 0.15) is 6.54 Å². The van der Waals surface area contributed by atoms with Crippen LogP contribution in [0.2, 0.25) is 0 Å². The van der Waals surface area contributed by atoms with Crippen LogP contribution in [0.4, 0.5) is 0 Å². The summed E-state index contributed by atoms with van der Waals surface area (Å²) in [5.41, 5.74) is 1.71. The molecule has 26 heavy (non-hydrogen) atoms. The van der Waals surface area contributed by atoms with Crippen molar-refractivity contribution >= 4 is 11.9 Å². The van der Waals surface area contributed by atoms with E-state index in [1.54, 1.807) is 26.2 Å². The van der Waals surface area contributed by atoms with Crippen LogP contribution in [-0.4, -0.2) is 45.9 Å². The number of hydrogen-bond acceptors (Lipinski definition) is 6. The molecule has 0 aromatic carbocycles. The lowest BCUT2D eigenvalue weighted by Gasteiger charge is -2.27. The first-order valence-electron chi connectivity index (χ1n) is 8.57. The second kappa shape index (κ2) is 10.2. The van der Waals surface area contributed by atoms with Gasteiger partial charge in [-0.25, -0.2) is 0 Å². The van der Waals surface area contributed by atoms with Crippen LogP contribution in [0.5, 0.6) is 0 Å². The third-order valence-electron chi connectivity index (χ3n) is 3.82. The van der Waals surface area contributed by atoms with Gasteiger partial charge in [0, 0.05) is 25.5 Å². The Morgan fingerprint density at radius 2 is 1.65 bits per heavy atom. The van der Waals surface area contributed by atoms with E-state index in [9.17, 15) is 9.59 Å². The van der Waals surface area contributed by atoms with Gasteiger partial charge in [0.05, 0.1) is 24.0 Å². The van der Waals surface area contributed by atoms with E-state index < -0.39 is 12.0 Å². The van der Waals surface area contributed by atoms with Crippen LogP contribution in [0.3, 0.4) is 0 Å². The van der Waals surface area contributed by atoms with Crippen LogP contribution in [0.15, 0.2) is 48.8 Å². The summed E-state index contributed by atoms with van der Waals surface area (Å²) in [5, 5.41) is 2.62. The fraction of sp³-hybridized carbons (Fsp3) is 0.368. The normalized spacial score (nSPS) is 11.8.